The zero-order chi connectivity index (χ0) is 15.0. The Bertz CT molecular complexity index is 534. The fraction of sp³-hybridized carbons (Fsp3) is 0.500. The summed E-state index contributed by atoms with van der Waals surface area (Å²) in [5, 5.41) is 7.39. The second-order valence-corrected chi connectivity index (χ2v) is 6.55. The van der Waals surface area contributed by atoms with Gasteiger partial charge in [-0.1, -0.05) is 25.1 Å². The zero-order valence-electron chi connectivity index (χ0n) is 12.6. The Labute approximate surface area is 120 Å². The molecule has 1 heterocycles. The minimum Gasteiger partial charge on any atom is -0.443 e. The summed E-state index contributed by atoms with van der Waals surface area (Å²) in [6.45, 7) is 8.23. The van der Waals surface area contributed by atoms with Crippen molar-refractivity contribution in [3.8, 4) is 0 Å². The van der Waals surface area contributed by atoms with Gasteiger partial charge in [-0.2, -0.15) is 0 Å². The molecule has 1 amide bonds. The van der Waals surface area contributed by atoms with Crippen LogP contribution in [0.2, 0.25) is 0 Å². The number of hydrogen-bond acceptors (Lipinski definition) is 3. The molecular formula is C16H22N2O2. The van der Waals surface area contributed by atoms with Crippen LogP contribution >= 0.6 is 0 Å². The number of ether oxygens (including phenoxy) is 1. The van der Waals surface area contributed by atoms with E-state index in [-0.39, 0.29) is 11.5 Å². The third-order valence-electron chi connectivity index (χ3n) is 3.52. The first kappa shape index (κ1) is 14.6. The molecule has 1 aromatic rings. The second-order valence-electron chi connectivity index (χ2n) is 6.55. The smallest absolute Gasteiger partial charge is 0.414 e. The fourth-order valence-electron chi connectivity index (χ4n) is 2.62. The lowest BCUT2D eigenvalue weighted by Crippen LogP contribution is -2.39. The van der Waals surface area contributed by atoms with Crippen LogP contribution in [-0.2, 0) is 10.2 Å². The number of fused-ring (bicyclic) bond motifs is 1. The number of carbonyl (C=O) groups is 1. The lowest BCUT2D eigenvalue weighted by molar-refractivity contribution is 0.0579. The standard InChI is InChI=1S/C16H22N2O2/c1-15(2,3)20-14(19)18-11-16(4,9-10-17)12-7-5-6-8-13(12)18/h5-8,10,17H,9,11H2,1-4H3. The van der Waals surface area contributed by atoms with Gasteiger partial charge in [0.05, 0.1) is 5.69 Å². The molecule has 0 aromatic heterocycles. The SMILES string of the molecule is CC(C)(C)OC(=O)N1CC(C)(CC=N)c2ccccc21. The molecule has 108 valence electrons. The molecule has 0 fully saturated rings. The van der Waals surface area contributed by atoms with E-state index in [2.05, 4.69) is 6.92 Å². The molecule has 0 saturated heterocycles. The van der Waals surface area contributed by atoms with Crippen LogP contribution in [0, 0.1) is 5.41 Å². The van der Waals surface area contributed by atoms with Crippen molar-refractivity contribution in [3.63, 3.8) is 0 Å². The average Bonchev–Trinajstić information content (AvgIpc) is 2.62. The summed E-state index contributed by atoms with van der Waals surface area (Å²) in [5.41, 5.74) is 1.28. The van der Waals surface area contributed by atoms with Gasteiger partial charge in [0.1, 0.15) is 5.60 Å². The first-order chi connectivity index (χ1) is 9.27. The van der Waals surface area contributed by atoms with Crippen molar-refractivity contribution in [3.05, 3.63) is 29.8 Å². The van der Waals surface area contributed by atoms with Crippen LogP contribution in [0.4, 0.5) is 10.5 Å². The largest absolute Gasteiger partial charge is 0.443 e. The van der Waals surface area contributed by atoms with E-state index in [4.69, 9.17) is 10.1 Å². The number of para-hydroxylation sites is 1. The number of anilines is 1. The average molecular weight is 274 g/mol. The van der Waals surface area contributed by atoms with Gasteiger partial charge >= 0.3 is 6.09 Å². The van der Waals surface area contributed by atoms with Crippen LogP contribution in [0.3, 0.4) is 0 Å². The summed E-state index contributed by atoms with van der Waals surface area (Å²) in [7, 11) is 0. The van der Waals surface area contributed by atoms with Gasteiger partial charge in [-0.3, -0.25) is 4.90 Å². The summed E-state index contributed by atoms with van der Waals surface area (Å²) < 4.78 is 5.48. The number of nitrogens with zero attached hydrogens (tertiary/aromatic N) is 1. The van der Waals surface area contributed by atoms with Gasteiger partial charge in [0.15, 0.2) is 0 Å². The highest BCUT2D eigenvalue weighted by Crippen LogP contribution is 2.42. The minimum atomic E-state index is -0.507. The molecule has 0 spiro atoms. The zero-order valence-corrected chi connectivity index (χ0v) is 12.6. The normalized spacial score (nSPS) is 21.5. The predicted octanol–water partition coefficient (Wildman–Crippen LogP) is 3.74. The topological polar surface area (TPSA) is 53.4 Å². The lowest BCUT2D eigenvalue weighted by Gasteiger charge is -2.26. The number of rotatable bonds is 2. The summed E-state index contributed by atoms with van der Waals surface area (Å²) in [5.74, 6) is 0. The molecule has 4 heteroatoms. The number of benzene rings is 1. The van der Waals surface area contributed by atoms with Crippen molar-refractivity contribution < 1.29 is 9.53 Å². The van der Waals surface area contributed by atoms with Gasteiger partial charge in [0.2, 0.25) is 0 Å². The fourth-order valence-corrected chi connectivity index (χ4v) is 2.62. The Morgan fingerprint density at radius 2 is 2.10 bits per heavy atom. The highest BCUT2D eigenvalue weighted by Gasteiger charge is 2.41. The maximum Gasteiger partial charge on any atom is 0.414 e. The van der Waals surface area contributed by atoms with Gasteiger partial charge in [-0.25, -0.2) is 4.79 Å². The van der Waals surface area contributed by atoms with Crippen molar-refractivity contribution in [1.29, 1.82) is 5.41 Å². The Kier molecular flexibility index (Phi) is 3.59. The monoisotopic (exact) mass is 274 g/mol. The van der Waals surface area contributed by atoms with Crippen LogP contribution in [0.5, 0.6) is 0 Å². The number of nitrogens with one attached hydrogen (secondary N) is 1. The summed E-state index contributed by atoms with van der Waals surface area (Å²) in [6, 6.07) is 7.86. The third kappa shape index (κ3) is 2.69. The molecule has 2 rings (SSSR count). The predicted molar refractivity (Wildman–Crippen MR) is 80.8 cm³/mol. The molecule has 20 heavy (non-hydrogen) atoms. The molecule has 4 nitrogen and oxygen atoms in total. The third-order valence-corrected chi connectivity index (χ3v) is 3.52. The van der Waals surface area contributed by atoms with Crippen molar-refractivity contribution in [2.75, 3.05) is 11.4 Å². The summed E-state index contributed by atoms with van der Waals surface area (Å²) in [4.78, 5) is 14.0. The van der Waals surface area contributed by atoms with Crippen molar-refractivity contribution in [1.82, 2.24) is 0 Å². The van der Waals surface area contributed by atoms with Crippen molar-refractivity contribution >= 4 is 18.0 Å². The molecular weight excluding hydrogens is 252 g/mol. The first-order valence-electron chi connectivity index (χ1n) is 6.86. The Balaban J connectivity index is 2.34. The van der Waals surface area contributed by atoms with Crippen molar-refractivity contribution in [2.24, 2.45) is 0 Å². The van der Waals surface area contributed by atoms with Gasteiger partial charge in [0.25, 0.3) is 0 Å². The maximum absolute atomic E-state index is 12.4. The molecule has 1 atom stereocenters. The van der Waals surface area contributed by atoms with Crippen LogP contribution in [-0.4, -0.2) is 24.5 Å². The van der Waals surface area contributed by atoms with Gasteiger partial charge in [0, 0.05) is 12.0 Å². The molecule has 0 radical (unpaired) electrons. The molecule has 1 aliphatic rings. The van der Waals surface area contributed by atoms with Crippen LogP contribution in [0.15, 0.2) is 24.3 Å². The van der Waals surface area contributed by atoms with Crippen molar-refractivity contribution in [2.45, 2.75) is 45.1 Å². The highest BCUT2D eigenvalue weighted by molar-refractivity contribution is 5.92. The van der Waals surface area contributed by atoms with Gasteiger partial charge in [-0.15, -0.1) is 0 Å². The number of hydrogen-bond donors (Lipinski definition) is 1. The van der Waals surface area contributed by atoms with Gasteiger partial charge in [-0.05, 0) is 45.0 Å². The molecule has 0 bridgehead atoms. The van der Waals surface area contributed by atoms with Crippen LogP contribution in [0.25, 0.3) is 0 Å². The van der Waals surface area contributed by atoms with E-state index < -0.39 is 5.60 Å². The number of carbonyl (C=O) groups excluding carboxylic acids is 1. The number of amides is 1. The molecule has 1 unspecified atom stereocenters. The van der Waals surface area contributed by atoms with E-state index in [0.717, 1.165) is 11.3 Å². The minimum absolute atomic E-state index is 0.213. The van der Waals surface area contributed by atoms with E-state index >= 15 is 0 Å². The molecule has 0 saturated carbocycles. The molecule has 1 aromatic carbocycles. The van der Waals surface area contributed by atoms with E-state index in [0.29, 0.717) is 13.0 Å². The molecule has 1 aliphatic heterocycles. The quantitative estimate of drug-likeness (QED) is 0.835. The Morgan fingerprint density at radius 1 is 1.45 bits per heavy atom. The maximum atomic E-state index is 12.4. The van der Waals surface area contributed by atoms with E-state index in [1.807, 2.05) is 45.0 Å². The Morgan fingerprint density at radius 3 is 2.70 bits per heavy atom. The van der Waals surface area contributed by atoms with Crippen LogP contribution < -0.4 is 4.90 Å². The van der Waals surface area contributed by atoms with E-state index in [1.165, 1.54) is 6.21 Å². The summed E-state index contributed by atoms with van der Waals surface area (Å²) >= 11 is 0. The highest BCUT2D eigenvalue weighted by atomic mass is 16.6. The molecule has 0 aliphatic carbocycles. The summed E-state index contributed by atoms with van der Waals surface area (Å²) in [6.07, 6.45) is 1.71. The van der Waals surface area contributed by atoms with E-state index in [1.54, 1.807) is 4.90 Å². The first-order valence-corrected chi connectivity index (χ1v) is 6.86. The molecule has 1 N–H and O–H groups in total. The van der Waals surface area contributed by atoms with Gasteiger partial charge < -0.3 is 10.1 Å². The lowest BCUT2D eigenvalue weighted by atomic mass is 9.82. The second kappa shape index (κ2) is 4.93. The Hall–Kier alpha value is -1.84. The van der Waals surface area contributed by atoms with Crippen LogP contribution in [0.1, 0.15) is 39.7 Å². The van der Waals surface area contributed by atoms with E-state index in [9.17, 15) is 4.79 Å².